The number of fused-ring (bicyclic) bond motifs is 5. The molecule has 43 heavy (non-hydrogen) atoms. The number of aliphatic hydroxyl groups is 2. The molecule has 0 unspecified atom stereocenters. The van der Waals surface area contributed by atoms with Crippen molar-refractivity contribution in [2.45, 2.75) is 54.6 Å². The van der Waals surface area contributed by atoms with Crippen LogP contribution in [0, 0.1) is 6.92 Å². The van der Waals surface area contributed by atoms with Gasteiger partial charge in [-0.15, -0.1) is 0 Å². The first-order valence-corrected chi connectivity index (χ1v) is 15.3. The summed E-state index contributed by atoms with van der Waals surface area (Å²) in [5, 5.41) is 26.9. The van der Waals surface area contributed by atoms with E-state index in [-0.39, 0.29) is 24.4 Å². The molecule has 4 atom stereocenters. The molecule has 2 amide bonds. The first kappa shape index (κ1) is 28.7. The van der Waals surface area contributed by atoms with Crippen molar-refractivity contribution in [1.29, 1.82) is 0 Å². The molecule has 3 aromatic rings. The number of aliphatic hydroxyl groups excluding tert-OH is 1. The van der Waals surface area contributed by atoms with E-state index in [1.165, 1.54) is 12.1 Å². The predicted octanol–water partition coefficient (Wildman–Crippen LogP) is 2.99. The number of benzene rings is 3. The first-order valence-electron chi connectivity index (χ1n) is 13.9. The van der Waals surface area contributed by atoms with Gasteiger partial charge in [-0.25, -0.2) is 12.7 Å². The molecular weight excluding hydrogens is 572 g/mol. The van der Waals surface area contributed by atoms with Gasteiger partial charge in [-0.05, 0) is 54.6 Å². The lowest BCUT2D eigenvalue weighted by Gasteiger charge is -2.47. The standard InChI is InChI=1S/C30H30N6O6S/c1-20-13-15-21(16-14-20)29-19-30(40)28(39)34(18-8-7-17-32-33-31)25(37)26(38)35(30)27(29)36(24-12-6-5-11-23(24)29)43(41,42)22-9-3-2-4-10-22/h2-6,9-16,25,27,37,40H,7-8,17-19H2,1H3/t25-,27+,29+,30-/m1/s1. The van der Waals surface area contributed by atoms with Crippen molar-refractivity contribution < 1.29 is 28.2 Å². The van der Waals surface area contributed by atoms with Crippen LogP contribution < -0.4 is 4.31 Å². The number of sulfonamides is 1. The molecule has 13 heteroatoms. The summed E-state index contributed by atoms with van der Waals surface area (Å²) in [6.45, 7) is 2.00. The fourth-order valence-electron chi connectivity index (χ4n) is 6.74. The number of amides is 2. The lowest BCUT2D eigenvalue weighted by atomic mass is 9.71. The summed E-state index contributed by atoms with van der Waals surface area (Å²) in [6.07, 6.45) is -3.00. The quantitative estimate of drug-likeness (QED) is 0.174. The third kappa shape index (κ3) is 4.11. The Bertz CT molecular complexity index is 1750. The van der Waals surface area contributed by atoms with Crippen LogP contribution in [0.25, 0.3) is 10.4 Å². The smallest absolute Gasteiger partial charge is 0.278 e. The topological polar surface area (TPSA) is 167 Å². The molecule has 6 rings (SSSR count). The number of para-hydroxylation sites is 1. The zero-order chi connectivity index (χ0) is 30.6. The Morgan fingerprint density at radius 3 is 2.37 bits per heavy atom. The Hall–Kier alpha value is -4.42. The maximum Gasteiger partial charge on any atom is 0.278 e. The molecule has 3 heterocycles. The lowest BCUT2D eigenvalue weighted by Crippen LogP contribution is -2.72. The van der Waals surface area contributed by atoms with Gasteiger partial charge in [0.25, 0.3) is 21.8 Å². The van der Waals surface area contributed by atoms with Crippen molar-refractivity contribution in [3.05, 3.63) is 106 Å². The fourth-order valence-corrected chi connectivity index (χ4v) is 8.42. The highest BCUT2D eigenvalue weighted by Crippen LogP contribution is 2.62. The SMILES string of the molecule is Cc1ccc([C@]23C[C@@]4(O)C(=O)N(CCCCN=[N+]=[N-])[C@H](O)C(=O)N4[C@H]2N(S(=O)(=O)c2ccccc2)c2ccccc23)cc1. The summed E-state index contributed by atoms with van der Waals surface area (Å²) < 4.78 is 30.0. The average molecular weight is 603 g/mol. The Kier molecular flexibility index (Phi) is 6.93. The van der Waals surface area contributed by atoms with Crippen molar-refractivity contribution in [2.75, 3.05) is 17.4 Å². The van der Waals surface area contributed by atoms with Crippen LogP contribution in [0.2, 0.25) is 0 Å². The van der Waals surface area contributed by atoms with Gasteiger partial charge in [0.1, 0.15) is 6.17 Å². The van der Waals surface area contributed by atoms with Crippen LogP contribution in [0.3, 0.4) is 0 Å². The number of aryl methyl sites for hydroxylation is 1. The van der Waals surface area contributed by atoms with E-state index in [0.717, 1.165) is 19.7 Å². The molecule has 12 nitrogen and oxygen atoms in total. The monoisotopic (exact) mass is 602 g/mol. The minimum Gasteiger partial charge on any atom is -0.365 e. The Balaban J connectivity index is 1.55. The Morgan fingerprint density at radius 1 is 1.00 bits per heavy atom. The van der Waals surface area contributed by atoms with Crippen molar-refractivity contribution >= 4 is 27.5 Å². The van der Waals surface area contributed by atoms with Crippen molar-refractivity contribution in [1.82, 2.24) is 9.80 Å². The normalized spacial score (nSPS) is 26.2. The second-order valence-corrected chi connectivity index (χ2v) is 12.9. The van der Waals surface area contributed by atoms with Gasteiger partial charge < -0.3 is 15.1 Å². The van der Waals surface area contributed by atoms with E-state index >= 15 is 0 Å². The summed E-state index contributed by atoms with van der Waals surface area (Å²) in [4.78, 5) is 32.6. The number of hydrogen-bond acceptors (Lipinski definition) is 7. The van der Waals surface area contributed by atoms with Crippen LogP contribution in [0.15, 0.2) is 88.9 Å². The van der Waals surface area contributed by atoms with Gasteiger partial charge in [-0.2, -0.15) is 0 Å². The number of carbonyl (C=O) groups excluding carboxylic acids is 2. The number of carbonyl (C=O) groups is 2. The molecule has 3 aliphatic rings. The molecule has 0 aromatic heterocycles. The average Bonchev–Trinajstić information content (AvgIpc) is 3.45. The van der Waals surface area contributed by atoms with Gasteiger partial charge >= 0.3 is 0 Å². The van der Waals surface area contributed by atoms with Crippen LogP contribution >= 0.6 is 0 Å². The zero-order valence-electron chi connectivity index (χ0n) is 23.3. The second-order valence-electron chi connectivity index (χ2n) is 11.1. The molecule has 2 saturated heterocycles. The zero-order valence-corrected chi connectivity index (χ0v) is 24.1. The van der Waals surface area contributed by atoms with E-state index in [1.807, 2.05) is 31.2 Å². The highest BCUT2D eigenvalue weighted by molar-refractivity contribution is 7.92. The molecule has 0 spiro atoms. The van der Waals surface area contributed by atoms with Gasteiger partial charge in [-0.3, -0.25) is 14.5 Å². The molecule has 0 radical (unpaired) electrons. The molecule has 222 valence electrons. The van der Waals surface area contributed by atoms with Crippen molar-refractivity contribution in [3.8, 4) is 0 Å². The molecular formula is C30H30N6O6S. The molecule has 0 bridgehead atoms. The largest absolute Gasteiger partial charge is 0.365 e. The number of anilines is 1. The van der Waals surface area contributed by atoms with Gasteiger partial charge in [0, 0.05) is 24.4 Å². The van der Waals surface area contributed by atoms with Crippen molar-refractivity contribution in [2.24, 2.45) is 5.11 Å². The molecule has 0 saturated carbocycles. The highest BCUT2D eigenvalue weighted by atomic mass is 32.2. The summed E-state index contributed by atoms with van der Waals surface area (Å²) in [5.41, 5.74) is 7.11. The highest BCUT2D eigenvalue weighted by Gasteiger charge is 2.74. The third-order valence-electron chi connectivity index (χ3n) is 8.65. The summed E-state index contributed by atoms with van der Waals surface area (Å²) in [6, 6.07) is 21.9. The molecule has 0 aliphatic carbocycles. The molecule has 2 fully saturated rings. The number of rotatable bonds is 8. The van der Waals surface area contributed by atoms with E-state index in [9.17, 15) is 28.2 Å². The summed E-state index contributed by atoms with van der Waals surface area (Å²) >= 11 is 0. The molecule has 3 aromatic carbocycles. The fraction of sp³-hybridized carbons (Fsp3) is 0.333. The summed E-state index contributed by atoms with van der Waals surface area (Å²) in [5.74, 6) is -1.89. The number of azide groups is 1. The lowest BCUT2D eigenvalue weighted by molar-refractivity contribution is -0.210. The van der Waals surface area contributed by atoms with Crippen molar-refractivity contribution in [3.63, 3.8) is 0 Å². The van der Waals surface area contributed by atoms with Crippen LogP contribution in [-0.4, -0.2) is 71.5 Å². The maximum atomic E-state index is 14.4. The number of hydrogen-bond donors (Lipinski definition) is 2. The molecule has 3 aliphatic heterocycles. The minimum absolute atomic E-state index is 0.0297. The van der Waals surface area contributed by atoms with Gasteiger partial charge in [0.2, 0.25) is 12.0 Å². The Labute approximate surface area is 248 Å². The first-order chi connectivity index (χ1) is 20.6. The van der Waals surface area contributed by atoms with Crippen LogP contribution in [0.4, 0.5) is 5.69 Å². The van der Waals surface area contributed by atoms with Crippen LogP contribution in [-0.2, 0) is 25.0 Å². The number of unbranched alkanes of at least 4 members (excludes halogenated alkanes) is 1. The summed E-state index contributed by atoms with van der Waals surface area (Å²) in [7, 11) is -4.35. The second kappa shape index (κ2) is 10.4. The third-order valence-corrected chi connectivity index (χ3v) is 10.4. The van der Waals surface area contributed by atoms with E-state index in [2.05, 4.69) is 10.0 Å². The van der Waals surface area contributed by atoms with Crippen LogP contribution in [0.1, 0.15) is 36.0 Å². The van der Waals surface area contributed by atoms with Gasteiger partial charge in [-0.1, -0.05) is 71.3 Å². The van der Waals surface area contributed by atoms with E-state index in [0.29, 0.717) is 29.7 Å². The predicted molar refractivity (Wildman–Crippen MR) is 156 cm³/mol. The number of nitrogens with zero attached hydrogens (tertiary/aromatic N) is 6. The van der Waals surface area contributed by atoms with E-state index in [1.54, 1.807) is 42.5 Å². The minimum atomic E-state index is -4.35. The van der Waals surface area contributed by atoms with Gasteiger partial charge in [0.15, 0.2) is 0 Å². The van der Waals surface area contributed by atoms with Crippen LogP contribution in [0.5, 0.6) is 0 Å². The van der Waals surface area contributed by atoms with Gasteiger partial charge in [0.05, 0.1) is 16.0 Å². The van der Waals surface area contributed by atoms with E-state index in [4.69, 9.17) is 5.53 Å². The maximum absolute atomic E-state index is 14.4. The van der Waals surface area contributed by atoms with E-state index < -0.39 is 45.4 Å². The number of piperazine rings is 1. The Morgan fingerprint density at radius 2 is 1.67 bits per heavy atom. The molecule has 2 N–H and O–H groups in total.